The first-order valence-corrected chi connectivity index (χ1v) is 8.73. The summed E-state index contributed by atoms with van der Waals surface area (Å²) < 4.78 is 2.24. The van der Waals surface area contributed by atoms with Crippen molar-refractivity contribution in [1.82, 2.24) is 9.55 Å². The van der Waals surface area contributed by atoms with Crippen LogP contribution in [0.15, 0.2) is 48.5 Å². The molecule has 0 bridgehead atoms. The van der Waals surface area contributed by atoms with Gasteiger partial charge in [0, 0.05) is 30.5 Å². The van der Waals surface area contributed by atoms with Gasteiger partial charge in [0.1, 0.15) is 0 Å². The lowest BCUT2D eigenvalue weighted by Gasteiger charge is -2.21. The van der Waals surface area contributed by atoms with Crippen LogP contribution in [-0.2, 0) is 0 Å². The maximum absolute atomic E-state index is 4.76. The number of anilines is 3. The number of aromatic nitrogens is 2. The standard InChI is InChI=1S/C20H26N4/c1-5-23(6-2)17-13-11-16(12-14-17)21-20-22-18-9-7-8-10-19(18)24(20)15(3)4/h7-15H,5-6H2,1-4H3,(H,21,22). The van der Waals surface area contributed by atoms with Crippen molar-refractivity contribution in [3.8, 4) is 0 Å². The van der Waals surface area contributed by atoms with Gasteiger partial charge in [0.25, 0.3) is 0 Å². The van der Waals surface area contributed by atoms with Crippen LogP contribution in [0.1, 0.15) is 33.7 Å². The fraction of sp³-hybridized carbons (Fsp3) is 0.350. The minimum Gasteiger partial charge on any atom is -0.372 e. The second-order valence-electron chi connectivity index (χ2n) is 6.23. The summed E-state index contributed by atoms with van der Waals surface area (Å²) in [6.07, 6.45) is 0. The molecule has 0 radical (unpaired) electrons. The third-order valence-corrected chi connectivity index (χ3v) is 4.36. The number of fused-ring (bicyclic) bond motifs is 1. The first-order valence-electron chi connectivity index (χ1n) is 8.73. The molecular weight excluding hydrogens is 296 g/mol. The third-order valence-electron chi connectivity index (χ3n) is 4.36. The van der Waals surface area contributed by atoms with E-state index in [1.54, 1.807) is 0 Å². The van der Waals surface area contributed by atoms with E-state index in [-0.39, 0.29) is 0 Å². The zero-order valence-electron chi connectivity index (χ0n) is 15.0. The van der Waals surface area contributed by atoms with Gasteiger partial charge in [-0.3, -0.25) is 0 Å². The van der Waals surface area contributed by atoms with Gasteiger partial charge in [-0.15, -0.1) is 0 Å². The van der Waals surface area contributed by atoms with E-state index in [0.717, 1.165) is 35.8 Å². The third kappa shape index (κ3) is 3.09. The number of hydrogen-bond acceptors (Lipinski definition) is 3. The molecule has 1 heterocycles. The molecule has 0 fully saturated rings. The molecule has 0 amide bonds. The van der Waals surface area contributed by atoms with Crippen molar-refractivity contribution in [2.75, 3.05) is 23.3 Å². The molecule has 126 valence electrons. The van der Waals surface area contributed by atoms with Crippen LogP contribution in [0.2, 0.25) is 0 Å². The summed E-state index contributed by atoms with van der Waals surface area (Å²) in [6, 6.07) is 17.2. The normalized spacial score (nSPS) is 11.2. The van der Waals surface area contributed by atoms with Crippen LogP contribution in [0.25, 0.3) is 11.0 Å². The monoisotopic (exact) mass is 322 g/mol. The summed E-state index contributed by atoms with van der Waals surface area (Å²) in [5.74, 6) is 0.891. The zero-order valence-corrected chi connectivity index (χ0v) is 15.0. The minimum absolute atomic E-state index is 0.342. The Morgan fingerprint density at radius 1 is 1.00 bits per heavy atom. The first-order chi connectivity index (χ1) is 11.6. The van der Waals surface area contributed by atoms with Gasteiger partial charge in [-0.2, -0.15) is 0 Å². The molecule has 1 aromatic heterocycles. The molecule has 0 saturated heterocycles. The average molecular weight is 322 g/mol. The number of nitrogens with one attached hydrogen (secondary N) is 1. The Bertz CT molecular complexity index is 798. The second kappa shape index (κ2) is 6.95. The molecule has 4 nitrogen and oxygen atoms in total. The molecule has 3 aromatic rings. The highest BCUT2D eigenvalue weighted by atomic mass is 15.2. The minimum atomic E-state index is 0.342. The fourth-order valence-electron chi connectivity index (χ4n) is 3.13. The van der Waals surface area contributed by atoms with Gasteiger partial charge in [-0.05, 0) is 64.1 Å². The van der Waals surface area contributed by atoms with E-state index in [2.05, 4.69) is 84.9 Å². The number of rotatable bonds is 6. The van der Waals surface area contributed by atoms with Gasteiger partial charge in [-0.25, -0.2) is 4.98 Å². The number of hydrogen-bond donors (Lipinski definition) is 1. The van der Waals surface area contributed by atoms with Crippen LogP contribution in [0.3, 0.4) is 0 Å². The summed E-state index contributed by atoms with van der Waals surface area (Å²) in [7, 11) is 0. The molecule has 4 heteroatoms. The Morgan fingerprint density at radius 3 is 2.29 bits per heavy atom. The van der Waals surface area contributed by atoms with Crippen LogP contribution in [0.5, 0.6) is 0 Å². The highest BCUT2D eigenvalue weighted by molar-refractivity contribution is 5.80. The van der Waals surface area contributed by atoms with Crippen LogP contribution in [0, 0.1) is 0 Å². The molecule has 2 aromatic carbocycles. The molecule has 3 rings (SSSR count). The van der Waals surface area contributed by atoms with Crippen molar-refractivity contribution in [3.63, 3.8) is 0 Å². The summed E-state index contributed by atoms with van der Waals surface area (Å²) in [5, 5.41) is 3.48. The molecule has 1 N–H and O–H groups in total. The van der Waals surface area contributed by atoms with Gasteiger partial charge < -0.3 is 14.8 Å². The number of nitrogens with zero attached hydrogens (tertiary/aromatic N) is 3. The van der Waals surface area contributed by atoms with Gasteiger partial charge in [0.15, 0.2) is 0 Å². The van der Waals surface area contributed by atoms with Crippen molar-refractivity contribution in [2.45, 2.75) is 33.7 Å². The predicted octanol–water partition coefficient (Wildman–Crippen LogP) is 5.21. The maximum atomic E-state index is 4.76. The van der Waals surface area contributed by atoms with Crippen LogP contribution in [-0.4, -0.2) is 22.6 Å². The number of imidazole rings is 1. The van der Waals surface area contributed by atoms with Crippen LogP contribution >= 0.6 is 0 Å². The lowest BCUT2D eigenvalue weighted by Crippen LogP contribution is -2.21. The van der Waals surface area contributed by atoms with Gasteiger partial charge in [0.2, 0.25) is 5.95 Å². The second-order valence-corrected chi connectivity index (χ2v) is 6.23. The first kappa shape index (κ1) is 16.4. The highest BCUT2D eigenvalue weighted by Gasteiger charge is 2.13. The van der Waals surface area contributed by atoms with E-state index < -0.39 is 0 Å². The molecule has 0 unspecified atom stereocenters. The van der Waals surface area contributed by atoms with Crippen molar-refractivity contribution in [1.29, 1.82) is 0 Å². The molecule has 0 atom stereocenters. The number of benzene rings is 2. The molecule has 0 spiro atoms. The van der Waals surface area contributed by atoms with Gasteiger partial charge in [0.05, 0.1) is 11.0 Å². The van der Waals surface area contributed by atoms with Crippen molar-refractivity contribution in [3.05, 3.63) is 48.5 Å². The molecular formula is C20H26N4. The Morgan fingerprint density at radius 2 is 1.67 bits per heavy atom. The highest BCUT2D eigenvalue weighted by Crippen LogP contribution is 2.27. The molecule has 0 saturated carbocycles. The predicted molar refractivity (Wildman–Crippen MR) is 103 cm³/mol. The summed E-state index contributed by atoms with van der Waals surface area (Å²) in [4.78, 5) is 7.10. The van der Waals surface area contributed by atoms with E-state index >= 15 is 0 Å². The Hall–Kier alpha value is -2.49. The Kier molecular flexibility index (Phi) is 4.74. The van der Waals surface area contributed by atoms with Gasteiger partial charge >= 0.3 is 0 Å². The van der Waals surface area contributed by atoms with E-state index in [0.29, 0.717) is 6.04 Å². The molecule has 24 heavy (non-hydrogen) atoms. The molecule has 0 aliphatic rings. The largest absolute Gasteiger partial charge is 0.372 e. The fourth-order valence-corrected chi connectivity index (χ4v) is 3.13. The lowest BCUT2D eigenvalue weighted by molar-refractivity contribution is 0.625. The van der Waals surface area contributed by atoms with E-state index in [4.69, 9.17) is 4.98 Å². The summed E-state index contributed by atoms with van der Waals surface area (Å²) in [5.41, 5.74) is 4.49. The van der Waals surface area contributed by atoms with Crippen molar-refractivity contribution < 1.29 is 0 Å². The quantitative estimate of drug-likeness (QED) is 0.676. The SMILES string of the molecule is CCN(CC)c1ccc(Nc2nc3ccccc3n2C(C)C)cc1. The smallest absolute Gasteiger partial charge is 0.208 e. The van der Waals surface area contributed by atoms with Gasteiger partial charge in [-0.1, -0.05) is 12.1 Å². The van der Waals surface area contributed by atoms with Crippen molar-refractivity contribution >= 4 is 28.4 Å². The van der Waals surface area contributed by atoms with E-state index in [9.17, 15) is 0 Å². The van der Waals surface area contributed by atoms with E-state index in [1.165, 1.54) is 5.69 Å². The molecule has 0 aliphatic heterocycles. The topological polar surface area (TPSA) is 33.1 Å². The Labute approximate surface area is 144 Å². The molecule has 0 aliphatic carbocycles. The summed E-state index contributed by atoms with van der Waals surface area (Å²) >= 11 is 0. The Balaban J connectivity index is 1.91. The summed E-state index contributed by atoms with van der Waals surface area (Å²) in [6.45, 7) is 10.8. The van der Waals surface area contributed by atoms with Crippen LogP contribution < -0.4 is 10.2 Å². The van der Waals surface area contributed by atoms with Crippen LogP contribution in [0.4, 0.5) is 17.3 Å². The average Bonchev–Trinajstić information content (AvgIpc) is 2.95. The maximum Gasteiger partial charge on any atom is 0.208 e. The number of para-hydroxylation sites is 2. The van der Waals surface area contributed by atoms with Crippen molar-refractivity contribution in [2.24, 2.45) is 0 Å². The lowest BCUT2D eigenvalue weighted by atomic mass is 10.2. The van der Waals surface area contributed by atoms with E-state index in [1.807, 2.05) is 6.07 Å². The zero-order chi connectivity index (χ0) is 17.1.